The molecule has 0 aromatic heterocycles. The van der Waals surface area contributed by atoms with Crippen molar-refractivity contribution in [2.45, 2.75) is 127 Å². The summed E-state index contributed by atoms with van der Waals surface area (Å²) in [5, 5.41) is 1.94. The first-order valence-corrected chi connectivity index (χ1v) is 45.2. The van der Waals surface area contributed by atoms with Gasteiger partial charge in [0.2, 0.25) is 0 Å². The maximum absolute atomic E-state index is 12.8. The second kappa shape index (κ2) is 56.4. The van der Waals surface area contributed by atoms with Gasteiger partial charge in [-0.25, -0.2) is 38.4 Å². The van der Waals surface area contributed by atoms with Crippen LogP contribution >= 0.6 is 47.0 Å². The van der Waals surface area contributed by atoms with Crippen molar-refractivity contribution in [2.24, 2.45) is 5.41 Å². The predicted octanol–water partition coefficient (Wildman–Crippen LogP) is 0.250. The molecule has 0 saturated carbocycles. The average molecular weight is 1980 g/mol. The smallest absolute Gasteiger partial charge is 0.430 e. The zero-order valence-electron chi connectivity index (χ0n) is 70.7. The van der Waals surface area contributed by atoms with E-state index in [0.717, 1.165) is 0 Å². The van der Waals surface area contributed by atoms with E-state index in [1.54, 1.807) is 0 Å². The summed E-state index contributed by atoms with van der Waals surface area (Å²) < 4.78 is 88.8. The maximum atomic E-state index is 12.8. The molecule has 4 atom stereocenters. The van der Waals surface area contributed by atoms with Crippen molar-refractivity contribution in [1.82, 2.24) is 40.5 Å². The van der Waals surface area contributed by atoms with Crippen LogP contribution in [0.4, 0.5) is 38.4 Å². The first-order valence-electron chi connectivity index (χ1n) is 40.6. The van der Waals surface area contributed by atoms with Gasteiger partial charge in [-0.15, -0.1) is 0 Å². The van der Waals surface area contributed by atoms with E-state index < -0.39 is 253 Å². The van der Waals surface area contributed by atoms with Gasteiger partial charge in [-0.2, -0.15) is 47.0 Å². The Morgan fingerprint density at radius 3 is 0.466 bits per heavy atom. The summed E-state index contributed by atoms with van der Waals surface area (Å²) in [7, 11) is 0. The summed E-state index contributed by atoms with van der Waals surface area (Å²) in [6.45, 7) is -9.09. The molecule has 8 saturated heterocycles. The van der Waals surface area contributed by atoms with E-state index in [1.165, 1.54) is 47.0 Å². The lowest BCUT2D eigenvalue weighted by Crippen LogP contribution is -2.37. The Hall–Kier alpha value is -11.6. The molecule has 56 nitrogen and oxygen atoms in total. The minimum atomic E-state index is -1.46. The predicted molar refractivity (Wildman–Crippen MR) is 422 cm³/mol. The van der Waals surface area contributed by atoms with Gasteiger partial charge in [0.1, 0.15) is 52.9 Å². The molecular weight excluding hydrogens is 1890 g/mol. The van der Waals surface area contributed by atoms with Crippen molar-refractivity contribution >= 4 is 191 Å². The Kier molecular flexibility index (Phi) is 45.3. The summed E-state index contributed by atoms with van der Waals surface area (Å²) >= 11 is 4.84. The largest absolute Gasteiger partial charge is 0.534 e. The normalized spacial score (nSPS) is 17.7. The lowest BCUT2D eigenvalue weighted by molar-refractivity contribution is -0.178. The van der Waals surface area contributed by atoms with Crippen LogP contribution in [0.25, 0.3) is 0 Å². The van der Waals surface area contributed by atoms with Gasteiger partial charge in [-0.3, -0.25) is 115 Å². The number of imide groups is 8. The summed E-state index contributed by atoms with van der Waals surface area (Å²) in [4.78, 5) is 335. The SMILES string of the molecule is O=C(OCCOCC(CSCC(CSCC(COCCOC(=O)ON1C(=O)CCC1=O)OCCOC(=O)ON1C(=O)CCC1=O)(CSCC(COCCOC(=O)ON1C(=O)CCC1=O)OCCOC(=O)ON1C(=O)CCC1=O)CSCC(COCCOC(=O)ON1C(=O)CCC1=O)OCCOC(=O)ON1C(=O)CCC1=O)OCCOC(=O)ON1C(=O)CCC1=O)ON1C(=O)CCC1=O. The highest BCUT2D eigenvalue weighted by atomic mass is 32.2. The molecule has 8 heterocycles. The van der Waals surface area contributed by atoms with Crippen LogP contribution in [0.1, 0.15) is 103 Å². The van der Waals surface area contributed by atoms with Crippen LogP contribution < -0.4 is 0 Å². The van der Waals surface area contributed by atoms with Gasteiger partial charge >= 0.3 is 49.2 Å². The monoisotopic (exact) mass is 1980 g/mol. The van der Waals surface area contributed by atoms with Gasteiger partial charge in [0.25, 0.3) is 94.5 Å². The summed E-state index contributed by atoms with van der Waals surface area (Å²) in [5.74, 6) is -13.0. The zero-order valence-corrected chi connectivity index (χ0v) is 74.0. The summed E-state index contributed by atoms with van der Waals surface area (Å²) in [6, 6.07) is 0. The molecule has 0 aromatic carbocycles. The topological polar surface area (TPSA) is 657 Å². The standard InChI is InChI=1S/C73H92N8O48S4/c82-49-1-2-50(83)74(49)122-65(98)114-21-17-106-33-45(110-25-29-118-69(102)126-78-57(90)9-10-58(78)91)37-130-41-73(42-131-38-46(111-26-30-119-70(103)127-79-59(92)11-12-60(79)93)34-107-18-22-115-66(99)123-75-51(84)3-4-52(75)85,43-132-39-47(112-27-31-120-71(104)128-80-61(94)13-14-62(80)95)35-108-19-23-116-67(100)124-76-53(86)5-6-54(76)87)44-133-40-48(113-28-32-121-72(105)129-81-63(96)15-16-64(81)97)36-109-20-24-117-68(101)125-77-55(88)7-8-56(77)89/h45-48H,1-44H2. The number of rotatable bonds is 60. The van der Waals surface area contributed by atoms with E-state index in [4.69, 9.17) is 114 Å². The molecule has 4 unspecified atom stereocenters. The lowest BCUT2D eigenvalue weighted by Gasteiger charge is -2.35. The number of nitrogens with zero attached hydrogens (tertiary/aromatic N) is 8. The molecule has 0 bridgehead atoms. The minimum absolute atomic E-state index is 0.0512. The van der Waals surface area contributed by atoms with Crippen molar-refractivity contribution in [2.75, 3.05) is 178 Å². The molecule has 0 radical (unpaired) electrons. The molecule has 0 N–H and O–H groups in total. The Balaban J connectivity index is 1.08. The molecule has 8 aliphatic rings. The van der Waals surface area contributed by atoms with Crippen molar-refractivity contribution in [3.05, 3.63) is 0 Å². The average Bonchev–Trinajstić information content (AvgIpc) is 0.916. The highest BCUT2D eigenvalue weighted by Gasteiger charge is 2.42. The van der Waals surface area contributed by atoms with Crippen molar-refractivity contribution < 1.29 is 230 Å². The van der Waals surface area contributed by atoms with Crippen molar-refractivity contribution in [3.63, 3.8) is 0 Å². The van der Waals surface area contributed by atoms with Gasteiger partial charge in [0.05, 0.1) is 104 Å². The summed E-state index contributed by atoms with van der Waals surface area (Å²) in [6.07, 6.45) is -19.5. The van der Waals surface area contributed by atoms with E-state index in [0.29, 0.717) is 0 Å². The molecular formula is C73H92N8O48S4. The Bertz CT molecular complexity index is 3580. The highest BCUT2D eigenvalue weighted by molar-refractivity contribution is 8.02. The van der Waals surface area contributed by atoms with Crippen LogP contribution in [0, 0.1) is 5.41 Å². The molecule has 8 fully saturated rings. The van der Waals surface area contributed by atoms with Crippen molar-refractivity contribution in [1.29, 1.82) is 0 Å². The zero-order chi connectivity index (χ0) is 96.2. The van der Waals surface area contributed by atoms with Gasteiger partial charge in [0.15, 0.2) is 0 Å². The quantitative estimate of drug-likeness (QED) is 0.0341. The number of hydrogen-bond donors (Lipinski definition) is 0. The number of amides is 16. The van der Waals surface area contributed by atoms with Crippen LogP contribution in [-0.4, -0.2) is 387 Å². The van der Waals surface area contributed by atoms with Crippen LogP contribution in [0.5, 0.6) is 0 Å². The number of thioether (sulfide) groups is 4. The van der Waals surface area contributed by atoms with E-state index >= 15 is 0 Å². The number of ether oxygens (including phenoxy) is 16. The number of hydrogen-bond acceptors (Lipinski definition) is 52. The Morgan fingerprint density at radius 2 is 0.331 bits per heavy atom. The maximum Gasteiger partial charge on any atom is 0.534 e. The fraction of sp³-hybridized carbons (Fsp3) is 0.671. The molecule has 0 spiro atoms. The van der Waals surface area contributed by atoms with E-state index in [-0.39, 0.29) is 242 Å². The molecule has 8 rings (SSSR count). The van der Waals surface area contributed by atoms with Gasteiger partial charge < -0.3 is 75.8 Å². The molecule has 736 valence electrons. The number of hydroxylamine groups is 16. The fourth-order valence-corrected chi connectivity index (χ4v) is 17.5. The second-order valence-electron chi connectivity index (χ2n) is 28.0. The number of carbonyl (C=O) groups excluding carboxylic acids is 24. The minimum Gasteiger partial charge on any atom is -0.430 e. The van der Waals surface area contributed by atoms with Crippen LogP contribution in [-0.2, 0) is 191 Å². The molecule has 60 heteroatoms. The van der Waals surface area contributed by atoms with Gasteiger partial charge in [0, 0.05) is 154 Å². The van der Waals surface area contributed by atoms with Crippen LogP contribution in [0.15, 0.2) is 0 Å². The molecule has 8 aliphatic heterocycles. The third-order valence-electron chi connectivity index (χ3n) is 17.9. The lowest BCUT2D eigenvalue weighted by atomic mass is 9.99. The van der Waals surface area contributed by atoms with Crippen LogP contribution in [0.3, 0.4) is 0 Å². The third-order valence-corrected chi connectivity index (χ3v) is 23.5. The molecule has 133 heavy (non-hydrogen) atoms. The van der Waals surface area contributed by atoms with E-state index in [1.807, 2.05) is 0 Å². The van der Waals surface area contributed by atoms with E-state index in [9.17, 15) is 115 Å². The highest BCUT2D eigenvalue weighted by Crippen LogP contribution is 2.37. The first-order chi connectivity index (χ1) is 63.8. The number of carbonyl (C=O) groups is 24. The molecule has 0 aliphatic carbocycles. The Morgan fingerprint density at radius 1 is 0.203 bits per heavy atom. The molecule has 0 aromatic rings. The third kappa shape index (κ3) is 37.4. The van der Waals surface area contributed by atoms with Crippen LogP contribution in [0.2, 0.25) is 0 Å². The van der Waals surface area contributed by atoms with Gasteiger partial charge in [-0.05, 0) is 0 Å². The first kappa shape index (κ1) is 107. The second-order valence-corrected chi connectivity index (χ2v) is 32.1. The van der Waals surface area contributed by atoms with Crippen molar-refractivity contribution in [3.8, 4) is 0 Å². The summed E-state index contributed by atoms with van der Waals surface area (Å²) in [5.41, 5.74) is -1.11. The molecule has 16 amide bonds. The van der Waals surface area contributed by atoms with Gasteiger partial charge in [-0.1, -0.05) is 40.5 Å². The van der Waals surface area contributed by atoms with E-state index in [2.05, 4.69) is 0 Å². The fourth-order valence-electron chi connectivity index (χ4n) is 11.5. The Labute approximate surface area is 768 Å².